The van der Waals surface area contributed by atoms with E-state index >= 15 is 0 Å². The third-order valence-electron chi connectivity index (χ3n) is 5.72. The highest BCUT2D eigenvalue weighted by atomic mass is 16.6. The number of nitrogens with one attached hydrogen (secondary N) is 1. The van der Waals surface area contributed by atoms with E-state index in [1.807, 2.05) is 60.7 Å². The molecule has 1 amide bonds. The number of hydrazone groups is 1. The van der Waals surface area contributed by atoms with Gasteiger partial charge in [-0.3, -0.25) is 25.0 Å². The highest BCUT2D eigenvalue weighted by Crippen LogP contribution is 2.58. The molecule has 0 aliphatic heterocycles. The summed E-state index contributed by atoms with van der Waals surface area (Å²) < 4.78 is 0. The van der Waals surface area contributed by atoms with Crippen molar-refractivity contribution in [2.75, 3.05) is 0 Å². The number of carbonyl (C=O) groups is 1. The Morgan fingerprint density at radius 3 is 2.06 bits per heavy atom. The molecule has 1 N–H and O–H groups in total. The van der Waals surface area contributed by atoms with Crippen molar-refractivity contribution in [2.24, 2.45) is 11.0 Å². The van der Waals surface area contributed by atoms with Gasteiger partial charge in [0.05, 0.1) is 28.0 Å². The van der Waals surface area contributed by atoms with E-state index in [0.717, 1.165) is 23.4 Å². The van der Waals surface area contributed by atoms with E-state index in [9.17, 15) is 30.1 Å². The lowest BCUT2D eigenvalue weighted by atomic mass is 9.85. The van der Waals surface area contributed by atoms with Crippen LogP contribution in [0.4, 0.5) is 11.4 Å². The maximum Gasteiger partial charge on any atom is 0.276 e. The molecule has 33 heavy (non-hydrogen) atoms. The molecule has 0 unspecified atom stereocenters. The molecule has 10 heteroatoms. The summed E-state index contributed by atoms with van der Waals surface area (Å²) in [4.78, 5) is 33.1. The molecule has 10 nitrogen and oxygen atoms in total. The molecule has 0 heterocycles. The topological polar surface area (TPSA) is 151 Å². The molecule has 0 saturated heterocycles. The van der Waals surface area contributed by atoms with E-state index < -0.39 is 44.2 Å². The van der Waals surface area contributed by atoms with Gasteiger partial charge in [0.25, 0.3) is 11.4 Å². The Balaban J connectivity index is 1.58. The quantitative estimate of drug-likeness (QED) is 0.335. The lowest BCUT2D eigenvalue weighted by molar-refractivity contribution is -0.403. The average Bonchev–Trinajstić information content (AvgIpc) is 3.58. The van der Waals surface area contributed by atoms with E-state index in [1.165, 1.54) is 0 Å². The third kappa shape index (κ3) is 4.01. The van der Waals surface area contributed by atoms with E-state index in [0.29, 0.717) is 12.5 Å². The Kier molecular flexibility index (Phi) is 5.57. The van der Waals surface area contributed by atoms with Gasteiger partial charge in [-0.25, -0.2) is 5.43 Å². The molecule has 3 aromatic carbocycles. The van der Waals surface area contributed by atoms with Gasteiger partial charge in [-0.1, -0.05) is 60.7 Å². The number of amides is 1. The predicted molar refractivity (Wildman–Crippen MR) is 117 cm³/mol. The summed E-state index contributed by atoms with van der Waals surface area (Å²) in [6, 6.07) is 20.7. The molecule has 4 rings (SSSR count). The molecule has 1 fully saturated rings. The highest BCUT2D eigenvalue weighted by Gasteiger charge is 2.60. The third-order valence-corrected chi connectivity index (χ3v) is 5.72. The Hall–Kier alpha value is -4.60. The predicted octanol–water partition coefficient (Wildman–Crippen LogP) is 3.03. The Labute approximate surface area is 187 Å². The van der Waals surface area contributed by atoms with Crippen LogP contribution in [0.3, 0.4) is 0 Å². The van der Waals surface area contributed by atoms with Crippen molar-refractivity contribution in [2.45, 2.75) is 11.8 Å². The molecular formula is C23H17N4O6-. The van der Waals surface area contributed by atoms with Crippen LogP contribution in [-0.4, -0.2) is 22.0 Å². The molecule has 1 atom stereocenters. The largest absolute Gasteiger partial charge is 0.867 e. The van der Waals surface area contributed by atoms with Crippen molar-refractivity contribution in [1.29, 1.82) is 0 Å². The van der Waals surface area contributed by atoms with Crippen LogP contribution in [0.25, 0.3) is 0 Å². The van der Waals surface area contributed by atoms with Gasteiger partial charge in [0.15, 0.2) is 0 Å². The molecule has 1 aliphatic rings. The summed E-state index contributed by atoms with van der Waals surface area (Å²) in [7, 11) is 0. The molecule has 166 valence electrons. The molecular weight excluding hydrogens is 428 g/mol. The number of nitro benzene ring substituents is 2. The molecule has 0 radical (unpaired) electrons. The van der Waals surface area contributed by atoms with Crippen molar-refractivity contribution < 1.29 is 19.7 Å². The Bertz CT molecular complexity index is 1220. The summed E-state index contributed by atoms with van der Waals surface area (Å²) in [5.74, 6) is -1.85. The molecule has 0 spiro atoms. The molecule has 1 saturated carbocycles. The van der Waals surface area contributed by atoms with Gasteiger partial charge in [0.1, 0.15) is 0 Å². The Morgan fingerprint density at radius 2 is 1.55 bits per heavy atom. The van der Waals surface area contributed by atoms with Gasteiger partial charge in [0, 0.05) is 17.0 Å². The lowest BCUT2D eigenvalue weighted by Gasteiger charge is -2.18. The van der Waals surface area contributed by atoms with Crippen molar-refractivity contribution in [3.63, 3.8) is 0 Å². The fraction of sp³-hybridized carbons (Fsp3) is 0.130. The number of non-ortho nitro benzene ring substituents is 1. The van der Waals surface area contributed by atoms with Crippen LogP contribution in [0, 0.1) is 26.1 Å². The summed E-state index contributed by atoms with van der Waals surface area (Å²) in [6.45, 7) is 0. The van der Waals surface area contributed by atoms with Crippen LogP contribution in [0.2, 0.25) is 0 Å². The van der Waals surface area contributed by atoms with Crippen LogP contribution in [-0.2, 0) is 10.2 Å². The molecule has 3 aromatic rings. The maximum atomic E-state index is 12.9. The van der Waals surface area contributed by atoms with Gasteiger partial charge in [-0.2, -0.15) is 5.10 Å². The fourth-order valence-corrected chi connectivity index (χ4v) is 4.06. The number of hydrogen-bond acceptors (Lipinski definition) is 7. The highest BCUT2D eigenvalue weighted by molar-refractivity contribution is 5.90. The van der Waals surface area contributed by atoms with Crippen molar-refractivity contribution in [3.8, 4) is 5.75 Å². The first-order chi connectivity index (χ1) is 15.8. The fourth-order valence-electron chi connectivity index (χ4n) is 4.06. The minimum absolute atomic E-state index is 0.371. The number of carbonyl (C=O) groups excluding carboxylic acids is 1. The lowest BCUT2D eigenvalue weighted by Crippen LogP contribution is -2.25. The second-order valence-corrected chi connectivity index (χ2v) is 7.59. The minimum Gasteiger partial charge on any atom is -0.867 e. The number of nitrogens with zero attached hydrogens (tertiary/aromatic N) is 3. The van der Waals surface area contributed by atoms with E-state index in [2.05, 4.69) is 10.5 Å². The van der Waals surface area contributed by atoms with Crippen molar-refractivity contribution in [3.05, 3.63) is 110 Å². The van der Waals surface area contributed by atoms with Gasteiger partial charge in [-0.05, 0) is 23.3 Å². The van der Waals surface area contributed by atoms with Gasteiger partial charge in [-0.15, -0.1) is 0 Å². The zero-order valence-corrected chi connectivity index (χ0v) is 17.1. The van der Waals surface area contributed by atoms with Crippen LogP contribution >= 0.6 is 0 Å². The first-order valence-corrected chi connectivity index (χ1v) is 9.92. The van der Waals surface area contributed by atoms with Gasteiger partial charge >= 0.3 is 0 Å². The maximum absolute atomic E-state index is 12.9. The van der Waals surface area contributed by atoms with Crippen LogP contribution in [0.5, 0.6) is 5.75 Å². The standard InChI is InChI=1S/C23H18N4O6/c28-21-15(11-18(26(30)31)12-20(21)27(32)33)14-24-25-22(29)19-13-23(19,16-7-3-1-4-8-16)17-9-5-2-6-10-17/h1-12,14,19,28H,13H2,(H,25,29)/p-1/b24-14-/t19-/m1/s1. The first-order valence-electron chi connectivity index (χ1n) is 9.92. The van der Waals surface area contributed by atoms with E-state index in [1.54, 1.807) is 0 Å². The number of rotatable bonds is 7. The van der Waals surface area contributed by atoms with Gasteiger partial charge < -0.3 is 5.11 Å². The van der Waals surface area contributed by atoms with Crippen molar-refractivity contribution in [1.82, 2.24) is 5.43 Å². The Morgan fingerprint density at radius 1 is 0.970 bits per heavy atom. The van der Waals surface area contributed by atoms with Crippen LogP contribution < -0.4 is 10.5 Å². The molecule has 1 aliphatic carbocycles. The van der Waals surface area contributed by atoms with Crippen LogP contribution in [0.1, 0.15) is 23.1 Å². The minimum atomic E-state index is -1.03. The smallest absolute Gasteiger partial charge is 0.276 e. The summed E-state index contributed by atoms with van der Waals surface area (Å²) in [6.07, 6.45) is 1.44. The normalized spacial score (nSPS) is 16.3. The monoisotopic (exact) mass is 445 g/mol. The number of nitro groups is 2. The zero-order chi connectivity index (χ0) is 23.6. The second-order valence-electron chi connectivity index (χ2n) is 7.59. The van der Waals surface area contributed by atoms with E-state index in [4.69, 9.17) is 0 Å². The molecule has 0 aromatic heterocycles. The summed E-state index contributed by atoms with van der Waals surface area (Å²) in [5, 5.41) is 38.0. The average molecular weight is 445 g/mol. The van der Waals surface area contributed by atoms with Crippen LogP contribution in [0.15, 0.2) is 77.9 Å². The number of hydrogen-bond donors (Lipinski definition) is 1. The summed E-state index contributed by atoms with van der Waals surface area (Å²) in [5.41, 5.74) is 1.88. The zero-order valence-electron chi connectivity index (χ0n) is 17.1. The van der Waals surface area contributed by atoms with E-state index in [-0.39, 0.29) is 5.56 Å². The number of benzene rings is 3. The van der Waals surface area contributed by atoms with Gasteiger partial charge in [0.2, 0.25) is 5.91 Å². The van der Waals surface area contributed by atoms with Crippen molar-refractivity contribution >= 4 is 23.5 Å². The SMILES string of the molecule is O=C(N/N=C\c1cc([N+](=O)[O-])cc([N+](=O)[O-])c1[O-])[C@H]1CC1(c1ccccc1)c1ccccc1. The second kappa shape index (κ2) is 8.50. The summed E-state index contributed by atoms with van der Waals surface area (Å²) >= 11 is 0. The molecule has 0 bridgehead atoms. The first kappa shape index (κ1) is 21.6.